The zero-order valence-corrected chi connectivity index (χ0v) is 7.97. The van der Waals surface area contributed by atoms with Crippen LogP contribution in [0.1, 0.15) is 11.1 Å². The van der Waals surface area contributed by atoms with Crippen molar-refractivity contribution in [1.82, 2.24) is 0 Å². The third-order valence-corrected chi connectivity index (χ3v) is 1.99. The molecule has 0 atom stereocenters. The SMILES string of the molecule is Cc1c(N)cccc1COCC(F)F. The van der Waals surface area contributed by atoms with Crippen LogP contribution in [-0.4, -0.2) is 13.0 Å². The molecule has 2 nitrogen and oxygen atoms in total. The van der Waals surface area contributed by atoms with Gasteiger partial charge in [0.2, 0.25) is 0 Å². The van der Waals surface area contributed by atoms with Crippen LogP contribution in [0.25, 0.3) is 0 Å². The second kappa shape index (κ2) is 4.91. The summed E-state index contributed by atoms with van der Waals surface area (Å²) in [6.45, 7) is 1.49. The van der Waals surface area contributed by atoms with Gasteiger partial charge in [0, 0.05) is 5.69 Å². The number of halogens is 2. The van der Waals surface area contributed by atoms with E-state index >= 15 is 0 Å². The predicted octanol–water partition coefficient (Wildman–Crippen LogP) is 2.36. The lowest BCUT2D eigenvalue weighted by molar-refractivity contribution is 0.00974. The summed E-state index contributed by atoms with van der Waals surface area (Å²) in [4.78, 5) is 0. The summed E-state index contributed by atoms with van der Waals surface area (Å²) in [5.41, 5.74) is 8.05. The van der Waals surface area contributed by atoms with Crippen molar-refractivity contribution in [3.05, 3.63) is 29.3 Å². The van der Waals surface area contributed by atoms with Crippen molar-refractivity contribution in [3.8, 4) is 0 Å². The Kier molecular flexibility index (Phi) is 3.83. The van der Waals surface area contributed by atoms with Crippen LogP contribution in [0.15, 0.2) is 18.2 Å². The van der Waals surface area contributed by atoms with Gasteiger partial charge in [-0.05, 0) is 24.1 Å². The van der Waals surface area contributed by atoms with E-state index in [9.17, 15) is 8.78 Å². The molecule has 0 unspecified atom stereocenters. The Morgan fingerprint density at radius 3 is 2.79 bits per heavy atom. The summed E-state index contributed by atoms with van der Waals surface area (Å²) in [6, 6.07) is 5.37. The first kappa shape index (κ1) is 10.9. The molecule has 1 aromatic rings. The minimum absolute atomic E-state index is 0.182. The number of nitrogen functional groups attached to an aromatic ring is 1. The maximum absolute atomic E-state index is 11.8. The molecule has 1 rings (SSSR count). The number of hydrogen-bond acceptors (Lipinski definition) is 2. The maximum Gasteiger partial charge on any atom is 0.261 e. The fourth-order valence-electron chi connectivity index (χ4n) is 1.12. The van der Waals surface area contributed by atoms with E-state index in [0.717, 1.165) is 11.1 Å². The molecule has 0 saturated heterocycles. The van der Waals surface area contributed by atoms with E-state index in [2.05, 4.69) is 0 Å². The summed E-state index contributed by atoms with van der Waals surface area (Å²) >= 11 is 0. The zero-order valence-electron chi connectivity index (χ0n) is 7.97. The predicted molar refractivity (Wildman–Crippen MR) is 51.3 cm³/mol. The second-order valence-corrected chi connectivity index (χ2v) is 3.04. The van der Waals surface area contributed by atoms with Crippen molar-refractivity contribution in [3.63, 3.8) is 0 Å². The molecule has 0 saturated carbocycles. The molecule has 4 heteroatoms. The number of anilines is 1. The highest BCUT2D eigenvalue weighted by Crippen LogP contribution is 2.16. The summed E-state index contributed by atoms with van der Waals surface area (Å²) in [7, 11) is 0. The molecular formula is C10H13F2NO. The molecular weight excluding hydrogens is 188 g/mol. The number of ether oxygens (including phenoxy) is 1. The Morgan fingerprint density at radius 1 is 1.43 bits per heavy atom. The van der Waals surface area contributed by atoms with Gasteiger partial charge in [-0.15, -0.1) is 0 Å². The first-order valence-electron chi connectivity index (χ1n) is 4.31. The third-order valence-electron chi connectivity index (χ3n) is 1.99. The van der Waals surface area contributed by atoms with Crippen LogP contribution in [0.4, 0.5) is 14.5 Å². The molecule has 0 aromatic heterocycles. The first-order chi connectivity index (χ1) is 6.61. The Morgan fingerprint density at radius 2 is 2.14 bits per heavy atom. The first-order valence-corrected chi connectivity index (χ1v) is 4.31. The van der Waals surface area contributed by atoms with Gasteiger partial charge in [0.25, 0.3) is 6.43 Å². The molecule has 0 fully saturated rings. The molecule has 78 valence electrons. The van der Waals surface area contributed by atoms with Crippen molar-refractivity contribution >= 4 is 5.69 Å². The van der Waals surface area contributed by atoms with Crippen LogP contribution in [0, 0.1) is 6.92 Å². The van der Waals surface area contributed by atoms with Crippen molar-refractivity contribution < 1.29 is 13.5 Å². The van der Waals surface area contributed by atoms with Gasteiger partial charge in [0.05, 0.1) is 6.61 Å². The molecule has 0 aliphatic heterocycles. The summed E-state index contributed by atoms with van der Waals surface area (Å²) < 4.78 is 28.3. The number of nitrogens with two attached hydrogens (primary N) is 1. The highest BCUT2D eigenvalue weighted by atomic mass is 19.3. The zero-order chi connectivity index (χ0) is 10.6. The van der Waals surface area contributed by atoms with E-state index in [-0.39, 0.29) is 6.61 Å². The average Bonchev–Trinajstić information content (AvgIpc) is 2.12. The lowest BCUT2D eigenvalue weighted by atomic mass is 10.1. The maximum atomic E-state index is 11.8. The smallest absolute Gasteiger partial charge is 0.261 e. The Hall–Kier alpha value is -1.16. The normalized spacial score (nSPS) is 10.9. The quantitative estimate of drug-likeness (QED) is 0.759. The van der Waals surface area contributed by atoms with E-state index in [1.807, 2.05) is 13.0 Å². The second-order valence-electron chi connectivity index (χ2n) is 3.04. The summed E-state index contributed by atoms with van der Waals surface area (Å²) in [6.07, 6.45) is -2.42. The monoisotopic (exact) mass is 201 g/mol. The number of hydrogen-bond donors (Lipinski definition) is 1. The number of rotatable bonds is 4. The van der Waals surface area contributed by atoms with E-state index in [1.54, 1.807) is 12.1 Å². The van der Waals surface area contributed by atoms with Crippen molar-refractivity contribution in [2.24, 2.45) is 0 Å². The van der Waals surface area contributed by atoms with Gasteiger partial charge < -0.3 is 10.5 Å². The van der Waals surface area contributed by atoms with Crippen LogP contribution in [-0.2, 0) is 11.3 Å². The van der Waals surface area contributed by atoms with Gasteiger partial charge >= 0.3 is 0 Å². The highest BCUT2D eigenvalue weighted by Gasteiger charge is 2.04. The Labute approximate surface area is 81.7 Å². The summed E-state index contributed by atoms with van der Waals surface area (Å²) in [5, 5.41) is 0. The number of benzene rings is 1. The van der Waals surface area contributed by atoms with Crippen molar-refractivity contribution in [1.29, 1.82) is 0 Å². The van der Waals surface area contributed by atoms with Crippen LogP contribution in [0.3, 0.4) is 0 Å². The molecule has 0 heterocycles. The molecule has 0 amide bonds. The van der Waals surface area contributed by atoms with Gasteiger partial charge in [-0.3, -0.25) is 0 Å². The molecule has 1 aromatic carbocycles. The fourth-order valence-corrected chi connectivity index (χ4v) is 1.12. The summed E-state index contributed by atoms with van der Waals surface area (Å²) in [5.74, 6) is 0. The minimum Gasteiger partial charge on any atom is -0.399 e. The Bertz CT molecular complexity index is 302. The van der Waals surface area contributed by atoms with E-state index in [0.29, 0.717) is 5.69 Å². The largest absolute Gasteiger partial charge is 0.399 e. The molecule has 2 N–H and O–H groups in total. The standard InChI is InChI=1S/C10H13F2NO/c1-7-8(3-2-4-9(7)13)5-14-6-10(11)12/h2-4,10H,5-6,13H2,1H3. The third kappa shape index (κ3) is 2.96. The van der Waals surface area contributed by atoms with E-state index in [1.165, 1.54) is 0 Å². The molecule has 14 heavy (non-hydrogen) atoms. The molecule has 0 aliphatic carbocycles. The molecule has 0 spiro atoms. The van der Waals surface area contributed by atoms with Gasteiger partial charge in [0.15, 0.2) is 0 Å². The molecule has 0 radical (unpaired) electrons. The topological polar surface area (TPSA) is 35.2 Å². The minimum atomic E-state index is -2.42. The van der Waals surface area contributed by atoms with E-state index in [4.69, 9.17) is 10.5 Å². The van der Waals surface area contributed by atoms with Crippen LogP contribution in [0.2, 0.25) is 0 Å². The van der Waals surface area contributed by atoms with Crippen molar-refractivity contribution in [2.45, 2.75) is 20.0 Å². The van der Waals surface area contributed by atoms with E-state index < -0.39 is 13.0 Å². The lowest BCUT2D eigenvalue weighted by Crippen LogP contribution is -2.05. The molecule has 0 bridgehead atoms. The van der Waals surface area contributed by atoms with Gasteiger partial charge in [-0.25, -0.2) is 8.78 Å². The van der Waals surface area contributed by atoms with Crippen molar-refractivity contribution in [2.75, 3.05) is 12.3 Å². The lowest BCUT2D eigenvalue weighted by Gasteiger charge is -2.08. The highest BCUT2D eigenvalue weighted by molar-refractivity contribution is 5.49. The van der Waals surface area contributed by atoms with Crippen LogP contribution >= 0.6 is 0 Å². The Balaban J connectivity index is 2.54. The van der Waals surface area contributed by atoms with Gasteiger partial charge in [-0.2, -0.15) is 0 Å². The average molecular weight is 201 g/mol. The fraction of sp³-hybridized carbons (Fsp3) is 0.400. The van der Waals surface area contributed by atoms with Crippen LogP contribution < -0.4 is 5.73 Å². The van der Waals surface area contributed by atoms with Gasteiger partial charge in [-0.1, -0.05) is 12.1 Å². The van der Waals surface area contributed by atoms with Gasteiger partial charge in [0.1, 0.15) is 6.61 Å². The number of alkyl halides is 2. The van der Waals surface area contributed by atoms with Crippen LogP contribution in [0.5, 0.6) is 0 Å². The molecule has 0 aliphatic rings.